The Morgan fingerprint density at radius 2 is 1.70 bits per heavy atom. The molecular formula is C15H10BrCl2NS. The van der Waals surface area contributed by atoms with Gasteiger partial charge in [-0.15, -0.1) is 11.3 Å². The number of halogens is 3. The molecule has 102 valence electrons. The molecule has 2 aromatic carbocycles. The van der Waals surface area contributed by atoms with Crippen molar-refractivity contribution in [3.63, 3.8) is 0 Å². The molecule has 3 aromatic rings. The van der Waals surface area contributed by atoms with Gasteiger partial charge >= 0.3 is 0 Å². The van der Waals surface area contributed by atoms with E-state index in [0.29, 0.717) is 8.67 Å². The first-order valence-corrected chi connectivity index (χ1v) is 8.32. The van der Waals surface area contributed by atoms with Gasteiger partial charge < -0.3 is 5.73 Å². The number of hydrogen-bond acceptors (Lipinski definition) is 2. The summed E-state index contributed by atoms with van der Waals surface area (Å²) in [5, 5.41) is 2.26. The van der Waals surface area contributed by atoms with Crippen LogP contribution in [0.4, 0.5) is 0 Å². The Hall–Kier alpha value is -0.580. The van der Waals surface area contributed by atoms with Crippen LogP contribution in [-0.2, 0) is 0 Å². The van der Waals surface area contributed by atoms with E-state index < -0.39 is 0 Å². The predicted octanol–water partition coefficient (Wildman–Crippen LogP) is 6.02. The van der Waals surface area contributed by atoms with Crippen molar-refractivity contribution in [2.45, 2.75) is 6.04 Å². The molecule has 0 radical (unpaired) electrons. The van der Waals surface area contributed by atoms with Gasteiger partial charge in [-0.25, -0.2) is 0 Å². The average Bonchev–Trinajstić information content (AvgIpc) is 2.78. The third-order valence-electron chi connectivity index (χ3n) is 3.26. The van der Waals surface area contributed by atoms with Crippen LogP contribution in [0.2, 0.25) is 8.67 Å². The van der Waals surface area contributed by atoms with Gasteiger partial charge in [-0.2, -0.15) is 0 Å². The Balaban J connectivity index is 2.20. The zero-order chi connectivity index (χ0) is 14.3. The summed E-state index contributed by atoms with van der Waals surface area (Å²) in [5.74, 6) is 0. The molecule has 1 nitrogen and oxygen atoms in total. The highest BCUT2D eigenvalue weighted by Crippen LogP contribution is 2.39. The maximum Gasteiger partial charge on any atom is 0.0995 e. The van der Waals surface area contributed by atoms with Crippen molar-refractivity contribution in [2.75, 3.05) is 0 Å². The van der Waals surface area contributed by atoms with E-state index in [1.54, 1.807) is 0 Å². The van der Waals surface area contributed by atoms with E-state index in [9.17, 15) is 0 Å². The maximum absolute atomic E-state index is 6.39. The van der Waals surface area contributed by atoms with Gasteiger partial charge in [0.1, 0.15) is 0 Å². The highest BCUT2D eigenvalue weighted by atomic mass is 79.9. The maximum atomic E-state index is 6.39. The van der Waals surface area contributed by atoms with Crippen molar-refractivity contribution in [1.82, 2.24) is 0 Å². The van der Waals surface area contributed by atoms with Crippen molar-refractivity contribution in [3.8, 4) is 0 Å². The molecular weight excluding hydrogens is 377 g/mol. The fourth-order valence-corrected chi connectivity index (χ4v) is 4.32. The summed E-state index contributed by atoms with van der Waals surface area (Å²) < 4.78 is 2.36. The SMILES string of the molecule is NC(c1cc(Cl)sc1Cl)c1ccc(Br)c2ccccc12. The van der Waals surface area contributed by atoms with Crippen LogP contribution >= 0.6 is 50.5 Å². The fourth-order valence-electron chi connectivity index (χ4n) is 2.29. The first kappa shape index (κ1) is 14.4. The molecule has 0 saturated heterocycles. The minimum absolute atomic E-state index is 0.288. The summed E-state index contributed by atoms with van der Waals surface area (Å²) in [7, 11) is 0. The highest BCUT2D eigenvalue weighted by molar-refractivity contribution is 9.10. The number of nitrogens with two attached hydrogens (primary N) is 1. The van der Waals surface area contributed by atoms with Crippen LogP contribution in [0.5, 0.6) is 0 Å². The van der Waals surface area contributed by atoms with Crippen LogP contribution in [0.25, 0.3) is 10.8 Å². The van der Waals surface area contributed by atoms with Gasteiger partial charge in [0.2, 0.25) is 0 Å². The molecule has 0 aliphatic heterocycles. The molecule has 0 saturated carbocycles. The zero-order valence-electron chi connectivity index (χ0n) is 10.2. The first-order chi connectivity index (χ1) is 9.58. The average molecular weight is 387 g/mol. The lowest BCUT2D eigenvalue weighted by Gasteiger charge is -2.15. The minimum atomic E-state index is -0.288. The number of rotatable bonds is 2. The van der Waals surface area contributed by atoms with Crippen molar-refractivity contribution < 1.29 is 0 Å². The van der Waals surface area contributed by atoms with Gasteiger partial charge in [0.05, 0.1) is 14.7 Å². The van der Waals surface area contributed by atoms with Crippen LogP contribution in [-0.4, -0.2) is 0 Å². The Morgan fingerprint density at radius 1 is 1.00 bits per heavy atom. The lowest BCUT2D eigenvalue weighted by molar-refractivity contribution is 0.886. The lowest BCUT2D eigenvalue weighted by Crippen LogP contribution is -2.11. The topological polar surface area (TPSA) is 26.0 Å². The second-order valence-corrected chi connectivity index (χ2v) is 7.58. The summed E-state index contributed by atoms with van der Waals surface area (Å²) in [6, 6.07) is 13.7. The van der Waals surface area contributed by atoms with E-state index in [1.807, 2.05) is 30.3 Å². The Labute approximate surface area is 139 Å². The molecule has 1 aromatic heterocycles. The molecule has 3 rings (SSSR count). The van der Waals surface area contributed by atoms with Crippen LogP contribution in [0.3, 0.4) is 0 Å². The molecule has 20 heavy (non-hydrogen) atoms. The molecule has 0 bridgehead atoms. The summed E-state index contributed by atoms with van der Waals surface area (Å²) >= 11 is 17.1. The second-order valence-electron chi connectivity index (χ2n) is 4.44. The number of fused-ring (bicyclic) bond motifs is 1. The Bertz CT molecular complexity index is 785. The van der Waals surface area contributed by atoms with E-state index in [2.05, 4.69) is 28.1 Å². The molecule has 2 N–H and O–H groups in total. The molecule has 0 amide bonds. The Kier molecular flexibility index (Phi) is 4.07. The largest absolute Gasteiger partial charge is 0.320 e. The molecule has 1 atom stereocenters. The predicted molar refractivity (Wildman–Crippen MR) is 92.0 cm³/mol. The van der Waals surface area contributed by atoms with E-state index in [4.69, 9.17) is 28.9 Å². The van der Waals surface area contributed by atoms with Gasteiger partial charge in [-0.05, 0) is 28.5 Å². The van der Waals surface area contributed by atoms with Gasteiger partial charge in [0, 0.05) is 10.0 Å². The number of hydrogen-bond donors (Lipinski definition) is 1. The van der Waals surface area contributed by atoms with Crippen molar-refractivity contribution >= 4 is 61.2 Å². The summed E-state index contributed by atoms with van der Waals surface area (Å²) in [5.41, 5.74) is 8.31. The number of benzene rings is 2. The van der Waals surface area contributed by atoms with E-state index in [0.717, 1.165) is 26.4 Å². The molecule has 1 heterocycles. The van der Waals surface area contributed by atoms with Crippen molar-refractivity contribution in [1.29, 1.82) is 0 Å². The standard InChI is InChI=1S/C15H10BrCl2NS/c16-12-6-5-10(8-3-1-2-4-9(8)12)14(19)11-7-13(17)20-15(11)18/h1-7,14H,19H2. The molecule has 0 aliphatic rings. The van der Waals surface area contributed by atoms with E-state index in [-0.39, 0.29) is 6.04 Å². The molecule has 0 fully saturated rings. The minimum Gasteiger partial charge on any atom is -0.320 e. The van der Waals surface area contributed by atoms with E-state index >= 15 is 0 Å². The molecule has 0 aliphatic carbocycles. The fraction of sp³-hybridized carbons (Fsp3) is 0.0667. The van der Waals surface area contributed by atoms with Gasteiger partial charge in [-0.1, -0.05) is 69.5 Å². The number of thiophene rings is 1. The Morgan fingerprint density at radius 3 is 2.35 bits per heavy atom. The molecule has 1 unspecified atom stereocenters. The van der Waals surface area contributed by atoms with Crippen molar-refractivity contribution in [2.24, 2.45) is 5.73 Å². The lowest BCUT2D eigenvalue weighted by atomic mass is 9.96. The molecule has 0 spiro atoms. The highest BCUT2D eigenvalue weighted by Gasteiger charge is 2.18. The first-order valence-electron chi connectivity index (χ1n) is 5.95. The van der Waals surface area contributed by atoms with Gasteiger partial charge in [0.25, 0.3) is 0 Å². The summed E-state index contributed by atoms with van der Waals surface area (Å²) in [6.45, 7) is 0. The smallest absolute Gasteiger partial charge is 0.0995 e. The summed E-state index contributed by atoms with van der Waals surface area (Å²) in [6.07, 6.45) is 0. The van der Waals surface area contributed by atoms with Gasteiger partial charge in [0.15, 0.2) is 0 Å². The third-order valence-corrected chi connectivity index (χ3v) is 5.47. The van der Waals surface area contributed by atoms with Crippen LogP contribution in [0.15, 0.2) is 46.9 Å². The van der Waals surface area contributed by atoms with Crippen LogP contribution < -0.4 is 5.73 Å². The third kappa shape index (κ3) is 2.49. The molecule has 5 heteroatoms. The quantitative estimate of drug-likeness (QED) is 0.572. The monoisotopic (exact) mass is 385 g/mol. The van der Waals surface area contributed by atoms with Crippen molar-refractivity contribution in [3.05, 3.63) is 66.7 Å². The second kappa shape index (κ2) is 5.66. The van der Waals surface area contributed by atoms with Crippen LogP contribution in [0.1, 0.15) is 17.2 Å². The van der Waals surface area contributed by atoms with E-state index in [1.165, 1.54) is 11.3 Å². The summed E-state index contributed by atoms with van der Waals surface area (Å²) in [4.78, 5) is 0. The zero-order valence-corrected chi connectivity index (χ0v) is 14.2. The van der Waals surface area contributed by atoms with Crippen LogP contribution in [0, 0.1) is 0 Å². The normalized spacial score (nSPS) is 12.8. The van der Waals surface area contributed by atoms with Gasteiger partial charge in [-0.3, -0.25) is 0 Å².